The van der Waals surface area contributed by atoms with Gasteiger partial charge in [-0.1, -0.05) is 15.9 Å². The predicted molar refractivity (Wildman–Crippen MR) is 59.8 cm³/mol. The van der Waals surface area contributed by atoms with Crippen LogP contribution in [-0.2, 0) is 4.79 Å². The Kier molecular flexibility index (Phi) is 4.45. The fourth-order valence-corrected chi connectivity index (χ4v) is 1.69. The molecule has 0 heterocycles. The maximum Gasteiger partial charge on any atom is 0.233 e. The van der Waals surface area contributed by atoms with Crippen LogP contribution >= 0.6 is 15.9 Å². The van der Waals surface area contributed by atoms with E-state index < -0.39 is 11.6 Å². The predicted octanol–water partition coefficient (Wildman–Crippen LogP) is 1.73. The summed E-state index contributed by atoms with van der Waals surface area (Å²) in [5.74, 6) is -1.42. The summed E-state index contributed by atoms with van der Waals surface area (Å²) >= 11 is 3.22. The van der Waals surface area contributed by atoms with Gasteiger partial charge in [0.25, 0.3) is 0 Å². The first-order valence-electron chi connectivity index (χ1n) is 3.89. The van der Waals surface area contributed by atoms with Gasteiger partial charge in [0.05, 0.1) is 0 Å². The van der Waals surface area contributed by atoms with Crippen molar-refractivity contribution in [1.82, 2.24) is 0 Å². The van der Waals surface area contributed by atoms with E-state index in [1.165, 1.54) is 6.07 Å². The van der Waals surface area contributed by atoms with E-state index in [4.69, 9.17) is 0 Å². The molecule has 0 unspecified atom stereocenters. The smallest absolute Gasteiger partial charge is 0.233 e. The average molecular weight is 292 g/mol. The van der Waals surface area contributed by atoms with Gasteiger partial charge in [0.15, 0.2) is 0 Å². The molecule has 0 bridgehead atoms. The quantitative estimate of drug-likeness (QED) is 0.585. The van der Waals surface area contributed by atoms with E-state index in [-0.39, 0.29) is 62.7 Å². The van der Waals surface area contributed by atoms with Crippen LogP contribution in [-0.4, -0.2) is 68.1 Å². The summed E-state index contributed by atoms with van der Waals surface area (Å²) in [5, 5.41) is 9.44. The Bertz CT molecular complexity index is 480. The number of Topliss-reactive ketones (excluding diaryl/α,β-unsaturated/α-hetero) is 1. The van der Waals surface area contributed by atoms with Crippen LogP contribution in [0, 0.1) is 0 Å². The summed E-state index contributed by atoms with van der Waals surface area (Å²) in [6.45, 7) is 0. The van der Waals surface area contributed by atoms with E-state index in [9.17, 15) is 14.7 Å². The normalized spacial score (nSPS) is 14.1. The third-order valence-electron chi connectivity index (χ3n) is 1.99. The van der Waals surface area contributed by atoms with Crippen molar-refractivity contribution < 1.29 is 14.7 Å². The van der Waals surface area contributed by atoms with Gasteiger partial charge in [0, 0.05) is 73.1 Å². The topological polar surface area (TPSA) is 54.4 Å². The first kappa shape index (κ1) is 13.3. The Hall–Kier alpha value is 0.216. The molecule has 0 atom stereocenters. The van der Waals surface area contributed by atoms with Crippen LogP contribution < -0.4 is 0 Å². The van der Waals surface area contributed by atoms with Gasteiger partial charge in [0.2, 0.25) is 11.6 Å². The molecule has 5 heteroatoms. The van der Waals surface area contributed by atoms with E-state index in [0.29, 0.717) is 5.56 Å². The third-order valence-corrected chi connectivity index (χ3v) is 2.49. The van der Waals surface area contributed by atoms with Crippen molar-refractivity contribution in [2.75, 3.05) is 0 Å². The summed E-state index contributed by atoms with van der Waals surface area (Å²) in [6.07, 6.45) is 0.942. The van der Waals surface area contributed by atoms with Crippen LogP contribution in [0.3, 0.4) is 0 Å². The molecule has 1 aliphatic carbocycles. The largest absolute Gasteiger partial charge is 0.507 e. The van der Waals surface area contributed by atoms with Gasteiger partial charge in [-0.3, -0.25) is 9.59 Å². The number of allylic oxidation sites excluding steroid dienone is 1. The Morgan fingerprint density at radius 2 is 1.80 bits per heavy atom. The van der Waals surface area contributed by atoms with Crippen LogP contribution in [0.5, 0.6) is 0 Å². The average Bonchev–Trinajstić information content (AvgIpc) is 2.14. The second-order valence-electron chi connectivity index (χ2n) is 2.91. The fraction of sp³-hybridized carbons (Fsp3) is 0. The van der Waals surface area contributed by atoms with E-state index in [0.717, 1.165) is 10.5 Å². The maximum absolute atomic E-state index is 11.4. The third kappa shape index (κ3) is 2.49. The van der Waals surface area contributed by atoms with Gasteiger partial charge in [-0.25, -0.2) is 0 Å². The Morgan fingerprint density at radius 1 is 1.13 bits per heavy atom. The molecule has 0 saturated heterocycles. The molecule has 1 aliphatic rings. The van der Waals surface area contributed by atoms with Crippen molar-refractivity contribution in [3.8, 4) is 0 Å². The molecule has 1 N–H and O–H groups in total. The van der Waals surface area contributed by atoms with E-state index >= 15 is 0 Å². The molecule has 0 aliphatic heterocycles. The Balaban J connectivity index is 0.00000112. The fourth-order valence-electron chi connectivity index (χ4n) is 1.33. The molecule has 71 valence electrons. The standard InChI is InChI=1S/C10H5BrO3.K/c11-5-1-2-6-7(3-5)8(12)4-9(13)10(6)14;/h1-4,12H;. The van der Waals surface area contributed by atoms with Gasteiger partial charge >= 0.3 is 0 Å². The van der Waals surface area contributed by atoms with Crippen LogP contribution in [0.4, 0.5) is 0 Å². The first-order valence-corrected chi connectivity index (χ1v) is 4.68. The van der Waals surface area contributed by atoms with E-state index in [1.807, 2.05) is 0 Å². The van der Waals surface area contributed by atoms with Crippen LogP contribution in [0.2, 0.25) is 0 Å². The van der Waals surface area contributed by atoms with Crippen molar-refractivity contribution in [2.24, 2.45) is 0 Å². The summed E-state index contributed by atoms with van der Waals surface area (Å²) < 4.78 is 0.748. The van der Waals surface area contributed by atoms with Crippen LogP contribution in [0.25, 0.3) is 5.76 Å². The number of ketones is 2. The van der Waals surface area contributed by atoms with Crippen LogP contribution in [0.15, 0.2) is 28.7 Å². The summed E-state index contributed by atoms with van der Waals surface area (Å²) in [4.78, 5) is 22.4. The molecule has 2 rings (SSSR count). The van der Waals surface area contributed by atoms with Gasteiger partial charge in [-0.05, 0) is 18.2 Å². The van der Waals surface area contributed by atoms with Crippen molar-refractivity contribution in [1.29, 1.82) is 0 Å². The molecule has 1 radical (unpaired) electrons. The second-order valence-corrected chi connectivity index (χ2v) is 3.83. The molecule has 3 nitrogen and oxygen atoms in total. The minimum atomic E-state index is -0.683. The zero-order valence-corrected chi connectivity index (χ0v) is 12.7. The van der Waals surface area contributed by atoms with E-state index in [2.05, 4.69) is 15.9 Å². The number of benzene rings is 1. The van der Waals surface area contributed by atoms with Crippen molar-refractivity contribution in [3.05, 3.63) is 39.9 Å². The monoisotopic (exact) mass is 291 g/mol. The molecule has 15 heavy (non-hydrogen) atoms. The summed E-state index contributed by atoms with van der Waals surface area (Å²) in [6, 6.07) is 4.77. The molecule has 0 spiro atoms. The van der Waals surface area contributed by atoms with Crippen LogP contribution in [0.1, 0.15) is 15.9 Å². The first-order chi connectivity index (χ1) is 6.59. The molecule has 0 fully saturated rings. The van der Waals surface area contributed by atoms with Crippen molar-refractivity contribution in [2.45, 2.75) is 0 Å². The number of aliphatic hydroxyl groups excluding tert-OH is 1. The number of aliphatic hydroxyl groups is 1. The summed E-state index contributed by atoms with van der Waals surface area (Å²) in [7, 11) is 0. The van der Waals surface area contributed by atoms with E-state index in [1.54, 1.807) is 12.1 Å². The number of rotatable bonds is 0. The van der Waals surface area contributed by atoms with Gasteiger partial charge in [-0.2, -0.15) is 0 Å². The molecular formula is C10H5BrKO3. The minimum absolute atomic E-state index is 0. The molecular weight excluding hydrogens is 287 g/mol. The molecule has 0 aromatic heterocycles. The molecule has 1 aromatic carbocycles. The number of hydrogen-bond donors (Lipinski definition) is 1. The number of hydrogen-bond acceptors (Lipinski definition) is 3. The minimum Gasteiger partial charge on any atom is -0.507 e. The Morgan fingerprint density at radius 3 is 2.47 bits per heavy atom. The molecule has 1 aromatic rings. The molecule has 0 amide bonds. The molecule has 0 saturated carbocycles. The van der Waals surface area contributed by atoms with Gasteiger partial charge in [-0.15, -0.1) is 0 Å². The SMILES string of the molecule is O=C1C=C(O)c2cc(Br)ccc2C1=O.[K]. The summed E-state index contributed by atoms with van der Waals surface area (Å²) in [5.41, 5.74) is 0.641. The van der Waals surface area contributed by atoms with Gasteiger partial charge < -0.3 is 5.11 Å². The second kappa shape index (κ2) is 5.03. The van der Waals surface area contributed by atoms with Gasteiger partial charge in [0.1, 0.15) is 5.76 Å². The number of fused-ring (bicyclic) bond motifs is 1. The van der Waals surface area contributed by atoms with Crippen molar-refractivity contribution in [3.63, 3.8) is 0 Å². The number of halogens is 1. The zero-order valence-electron chi connectivity index (χ0n) is 7.95. The Labute approximate surface area is 137 Å². The maximum atomic E-state index is 11.4. The number of carbonyl (C=O) groups excluding carboxylic acids is 2. The zero-order chi connectivity index (χ0) is 10.3. The number of carbonyl (C=O) groups is 2. The van der Waals surface area contributed by atoms with Crippen molar-refractivity contribution >= 4 is 84.6 Å².